The van der Waals surface area contributed by atoms with Gasteiger partial charge in [-0.15, -0.1) is 0 Å². The zero-order valence-electron chi connectivity index (χ0n) is 17.7. The summed E-state index contributed by atoms with van der Waals surface area (Å²) in [7, 11) is 0. The lowest BCUT2D eigenvalue weighted by molar-refractivity contribution is -0.137. The number of aliphatic hydroxyl groups excluding tert-OH is 1. The molecule has 0 spiro atoms. The van der Waals surface area contributed by atoms with E-state index >= 15 is 0 Å². The first-order valence-corrected chi connectivity index (χ1v) is 10.6. The Bertz CT molecular complexity index is 1030. The molecule has 1 aromatic heterocycles. The lowest BCUT2D eigenvalue weighted by Crippen LogP contribution is -2.49. The number of aromatic carboxylic acids is 1. The van der Waals surface area contributed by atoms with Gasteiger partial charge in [0.15, 0.2) is 5.69 Å². The van der Waals surface area contributed by atoms with E-state index in [1.807, 2.05) is 4.90 Å². The van der Waals surface area contributed by atoms with Crippen molar-refractivity contribution in [3.05, 3.63) is 47.3 Å². The number of benzene rings is 1. The Kier molecular flexibility index (Phi) is 6.30. The summed E-state index contributed by atoms with van der Waals surface area (Å²) in [6.07, 6.45) is -3.21. The molecule has 33 heavy (non-hydrogen) atoms. The summed E-state index contributed by atoms with van der Waals surface area (Å²) in [5, 5.41) is 22.6. The number of aliphatic hydroxyl groups is 1. The lowest BCUT2D eigenvalue weighted by Gasteiger charge is -2.35. The number of carboxylic acids is 1. The van der Waals surface area contributed by atoms with Crippen molar-refractivity contribution in [2.75, 3.05) is 44.2 Å². The molecule has 0 bridgehead atoms. The summed E-state index contributed by atoms with van der Waals surface area (Å²) < 4.78 is 40.8. The van der Waals surface area contributed by atoms with E-state index in [0.29, 0.717) is 57.9 Å². The fraction of sp³-hybridized carbons (Fsp3) is 0.476. The molecule has 0 unspecified atom stereocenters. The van der Waals surface area contributed by atoms with Crippen molar-refractivity contribution in [3.8, 4) is 0 Å². The molecule has 0 radical (unpaired) electrons. The summed E-state index contributed by atoms with van der Waals surface area (Å²) in [6, 6.07) is 4.52. The molecule has 1 amide bonds. The zero-order valence-corrected chi connectivity index (χ0v) is 17.7. The van der Waals surface area contributed by atoms with Gasteiger partial charge in [-0.1, -0.05) is 6.07 Å². The third-order valence-corrected chi connectivity index (χ3v) is 5.96. The van der Waals surface area contributed by atoms with Crippen LogP contribution in [0, 0.1) is 0 Å². The average molecular weight is 467 g/mol. The van der Waals surface area contributed by atoms with Gasteiger partial charge in [0.2, 0.25) is 0 Å². The van der Waals surface area contributed by atoms with E-state index in [9.17, 15) is 27.9 Å². The molecule has 2 fully saturated rings. The standard InChI is InChI=1S/C21H24F3N5O4/c22-21(23,24)15-2-1-14(18(11-15)28-5-3-16(30)13-28)12-26-7-9-27(10-8-26)20(33)29-6-4-17(25-29)19(31)32/h1-2,4,6,11,16,30H,3,5,7-10,12-13H2,(H,31,32)/t16-/m1/s1. The third-order valence-electron chi connectivity index (χ3n) is 5.96. The molecule has 2 saturated heterocycles. The molecule has 1 atom stereocenters. The number of aromatic nitrogens is 2. The van der Waals surface area contributed by atoms with Gasteiger partial charge in [0.1, 0.15) is 0 Å². The molecular formula is C21H24F3N5O4. The van der Waals surface area contributed by atoms with E-state index in [0.717, 1.165) is 22.4 Å². The highest BCUT2D eigenvalue weighted by molar-refractivity contribution is 5.86. The largest absolute Gasteiger partial charge is 0.476 e. The molecule has 2 N–H and O–H groups in total. The van der Waals surface area contributed by atoms with Gasteiger partial charge >= 0.3 is 18.2 Å². The molecule has 178 valence electrons. The maximum atomic E-state index is 13.3. The number of β-amino-alcohol motifs (C(OH)–C–C–N with tert-alkyl or cyclic N) is 1. The van der Waals surface area contributed by atoms with Crippen LogP contribution in [0.4, 0.5) is 23.7 Å². The number of hydrogen-bond acceptors (Lipinski definition) is 6. The summed E-state index contributed by atoms with van der Waals surface area (Å²) in [5.74, 6) is -1.22. The Morgan fingerprint density at radius 1 is 1.09 bits per heavy atom. The van der Waals surface area contributed by atoms with Crippen LogP contribution in [-0.2, 0) is 12.7 Å². The number of hydrogen-bond donors (Lipinski definition) is 2. The molecule has 0 saturated carbocycles. The predicted octanol–water partition coefficient (Wildman–Crippen LogP) is 1.96. The van der Waals surface area contributed by atoms with Crippen molar-refractivity contribution in [3.63, 3.8) is 0 Å². The number of anilines is 1. The molecule has 2 aliphatic heterocycles. The molecule has 12 heteroatoms. The maximum Gasteiger partial charge on any atom is 0.416 e. The van der Waals surface area contributed by atoms with E-state index in [2.05, 4.69) is 5.10 Å². The summed E-state index contributed by atoms with van der Waals surface area (Å²) in [4.78, 5) is 28.9. The minimum atomic E-state index is -4.45. The second kappa shape index (κ2) is 9.02. The van der Waals surface area contributed by atoms with Crippen molar-refractivity contribution in [2.45, 2.75) is 25.2 Å². The Balaban J connectivity index is 1.43. The van der Waals surface area contributed by atoms with Crippen molar-refractivity contribution < 1.29 is 33.0 Å². The Morgan fingerprint density at radius 2 is 1.82 bits per heavy atom. The predicted molar refractivity (Wildman–Crippen MR) is 111 cm³/mol. The summed E-state index contributed by atoms with van der Waals surface area (Å²) in [6.45, 7) is 2.94. The second-order valence-corrected chi connectivity index (χ2v) is 8.23. The van der Waals surface area contributed by atoms with Gasteiger partial charge in [0.05, 0.1) is 11.7 Å². The van der Waals surface area contributed by atoms with Gasteiger partial charge in [-0.2, -0.15) is 23.0 Å². The number of halogens is 3. The van der Waals surface area contributed by atoms with Crippen LogP contribution >= 0.6 is 0 Å². The van der Waals surface area contributed by atoms with Gasteiger partial charge in [-0.3, -0.25) is 4.90 Å². The van der Waals surface area contributed by atoms with Crippen LogP contribution in [0.3, 0.4) is 0 Å². The zero-order chi connectivity index (χ0) is 23.8. The van der Waals surface area contributed by atoms with E-state index < -0.39 is 29.8 Å². The van der Waals surface area contributed by atoms with Crippen LogP contribution in [0.5, 0.6) is 0 Å². The lowest BCUT2D eigenvalue weighted by atomic mass is 10.1. The molecule has 1 aromatic carbocycles. The smallest absolute Gasteiger partial charge is 0.416 e. The summed E-state index contributed by atoms with van der Waals surface area (Å²) in [5.41, 5.74) is 0.259. The normalized spacial score (nSPS) is 19.8. The molecule has 3 heterocycles. The highest BCUT2D eigenvalue weighted by Gasteiger charge is 2.33. The molecule has 2 aliphatic rings. The number of amides is 1. The highest BCUT2D eigenvalue weighted by Crippen LogP contribution is 2.35. The molecular weight excluding hydrogens is 443 g/mol. The number of alkyl halides is 3. The van der Waals surface area contributed by atoms with Crippen LogP contribution in [0.1, 0.15) is 28.0 Å². The topological polar surface area (TPSA) is 102 Å². The van der Waals surface area contributed by atoms with Crippen molar-refractivity contribution >= 4 is 17.7 Å². The van der Waals surface area contributed by atoms with Crippen LogP contribution in [0.25, 0.3) is 0 Å². The van der Waals surface area contributed by atoms with E-state index in [1.165, 1.54) is 18.3 Å². The Hall–Kier alpha value is -3.12. The quantitative estimate of drug-likeness (QED) is 0.709. The Labute approximate surface area is 187 Å². The van der Waals surface area contributed by atoms with Crippen LogP contribution < -0.4 is 4.90 Å². The van der Waals surface area contributed by atoms with Crippen LogP contribution in [-0.4, -0.2) is 87.2 Å². The van der Waals surface area contributed by atoms with Gasteiger partial charge in [-0.25, -0.2) is 9.59 Å². The monoisotopic (exact) mass is 467 g/mol. The van der Waals surface area contributed by atoms with E-state index in [4.69, 9.17) is 5.11 Å². The van der Waals surface area contributed by atoms with E-state index in [1.54, 1.807) is 9.80 Å². The van der Waals surface area contributed by atoms with Gasteiger partial charge in [0, 0.05) is 57.7 Å². The van der Waals surface area contributed by atoms with Gasteiger partial charge in [-0.05, 0) is 30.2 Å². The SMILES string of the molecule is O=C(O)c1ccn(C(=O)N2CCN(Cc3ccc(C(F)(F)F)cc3N3CC[C@@H](O)C3)CC2)n1. The van der Waals surface area contributed by atoms with Gasteiger partial charge in [0.25, 0.3) is 0 Å². The fourth-order valence-electron chi connectivity index (χ4n) is 4.16. The minimum absolute atomic E-state index is 0.219. The maximum absolute atomic E-state index is 13.3. The fourth-order valence-corrected chi connectivity index (χ4v) is 4.16. The first-order valence-electron chi connectivity index (χ1n) is 10.6. The molecule has 9 nitrogen and oxygen atoms in total. The number of piperazine rings is 1. The van der Waals surface area contributed by atoms with E-state index in [-0.39, 0.29) is 5.69 Å². The van der Waals surface area contributed by atoms with Crippen LogP contribution in [0.2, 0.25) is 0 Å². The number of carbonyl (C=O) groups excluding carboxylic acids is 1. The van der Waals surface area contributed by atoms with Gasteiger partial charge < -0.3 is 20.0 Å². The van der Waals surface area contributed by atoms with Crippen LogP contribution in [0.15, 0.2) is 30.5 Å². The molecule has 4 rings (SSSR count). The third kappa shape index (κ3) is 5.11. The second-order valence-electron chi connectivity index (χ2n) is 8.23. The first kappa shape index (κ1) is 23.1. The first-order chi connectivity index (χ1) is 15.6. The molecule has 0 aliphatic carbocycles. The Morgan fingerprint density at radius 3 is 2.39 bits per heavy atom. The minimum Gasteiger partial charge on any atom is -0.476 e. The van der Waals surface area contributed by atoms with Crippen molar-refractivity contribution in [1.29, 1.82) is 0 Å². The average Bonchev–Trinajstić information content (AvgIpc) is 3.43. The number of rotatable bonds is 4. The highest BCUT2D eigenvalue weighted by atomic mass is 19.4. The van der Waals surface area contributed by atoms with Crippen molar-refractivity contribution in [2.24, 2.45) is 0 Å². The summed E-state index contributed by atoms with van der Waals surface area (Å²) >= 11 is 0. The molecule has 2 aromatic rings. The number of carbonyl (C=O) groups is 2. The number of nitrogens with zero attached hydrogens (tertiary/aromatic N) is 5. The number of carboxylic acid groups (broad SMARTS) is 1. The van der Waals surface area contributed by atoms with Crippen molar-refractivity contribution in [1.82, 2.24) is 19.6 Å².